The Bertz CT molecular complexity index is 805. The van der Waals surface area contributed by atoms with Crippen molar-refractivity contribution in [1.82, 2.24) is 9.80 Å². The number of ether oxygens (including phenoxy) is 1. The zero-order valence-corrected chi connectivity index (χ0v) is 17.6. The zero-order chi connectivity index (χ0) is 20.2. The molecule has 4 heteroatoms. The molecule has 0 unspecified atom stereocenters. The van der Waals surface area contributed by atoms with Gasteiger partial charge in [0.1, 0.15) is 5.75 Å². The van der Waals surface area contributed by atoms with Crippen LogP contribution in [0.3, 0.4) is 0 Å². The highest BCUT2D eigenvalue weighted by Gasteiger charge is 2.47. The van der Waals surface area contributed by atoms with E-state index < -0.39 is 0 Å². The Morgan fingerprint density at radius 3 is 2.55 bits per heavy atom. The lowest BCUT2D eigenvalue weighted by Crippen LogP contribution is -2.52. The average Bonchev–Trinajstić information content (AvgIpc) is 3.13. The molecule has 2 aromatic carbocycles. The van der Waals surface area contributed by atoms with Crippen LogP contribution in [0.15, 0.2) is 54.6 Å². The number of amides is 1. The zero-order valence-electron chi connectivity index (χ0n) is 17.6. The van der Waals surface area contributed by atoms with Gasteiger partial charge in [-0.3, -0.25) is 9.69 Å². The number of carbonyl (C=O) groups is 1. The number of methoxy groups -OCH3 is 1. The molecule has 1 amide bonds. The van der Waals surface area contributed by atoms with Crippen molar-refractivity contribution in [2.24, 2.45) is 0 Å². The first-order valence-electron chi connectivity index (χ1n) is 10.9. The van der Waals surface area contributed by atoms with E-state index >= 15 is 0 Å². The number of rotatable bonds is 6. The quantitative estimate of drug-likeness (QED) is 0.742. The van der Waals surface area contributed by atoms with Crippen LogP contribution < -0.4 is 4.74 Å². The molecule has 2 fully saturated rings. The normalized spacial score (nSPS) is 24.3. The van der Waals surface area contributed by atoms with Crippen molar-refractivity contribution in [2.75, 3.05) is 26.7 Å². The third kappa shape index (κ3) is 4.32. The number of aryl methyl sites for hydroxylation is 1. The lowest BCUT2D eigenvalue weighted by molar-refractivity contribution is -0.133. The summed E-state index contributed by atoms with van der Waals surface area (Å²) < 4.78 is 5.34. The second-order valence-corrected chi connectivity index (χ2v) is 8.38. The Kier molecular flexibility index (Phi) is 6.19. The van der Waals surface area contributed by atoms with Gasteiger partial charge in [-0.25, -0.2) is 0 Å². The molecule has 2 heterocycles. The minimum absolute atomic E-state index is 0.212. The third-order valence-corrected chi connectivity index (χ3v) is 6.67. The Morgan fingerprint density at radius 2 is 1.86 bits per heavy atom. The van der Waals surface area contributed by atoms with E-state index in [0.29, 0.717) is 12.0 Å². The van der Waals surface area contributed by atoms with Gasteiger partial charge < -0.3 is 9.64 Å². The van der Waals surface area contributed by atoms with Crippen molar-refractivity contribution in [2.45, 2.75) is 50.6 Å². The Hall–Kier alpha value is -2.33. The van der Waals surface area contributed by atoms with Gasteiger partial charge in [-0.15, -0.1) is 0 Å². The summed E-state index contributed by atoms with van der Waals surface area (Å²) in [5.74, 6) is 1.46. The second-order valence-electron chi connectivity index (χ2n) is 8.38. The number of hydrogen-bond acceptors (Lipinski definition) is 3. The molecule has 0 aliphatic carbocycles. The summed E-state index contributed by atoms with van der Waals surface area (Å²) in [6.45, 7) is 4.74. The SMILES string of the molecule is COc1ccc([C@H]2CN(CCCc3ccccc3)[C@@H]3CCCN(C(C)=O)[C@H]23)cc1. The molecule has 0 N–H and O–H groups in total. The standard InChI is InChI=1S/C25H32N2O2/c1-19(28)27-17-7-11-24-25(27)23(21-12-14-22(29-2)15-13-21)18-26(24)16-6-10-20-8-4-3-5-9-20/h3-5,8-9,12-15,23-25H,6-7,10-11,16-18H2,1-2H3/t23-,24-,25-/m1/s1. The van der Waals surface area contributed by atoms with E-state index in [1.165, 1.54) is 17.5 Å². The molecule has 2 saturated heterocycles. The van der Waals surface area contributed by atoms with Gasteiger partial charge in [0.2, 0.25) is 5.91 Å². The fraction of sp³-hybridized carbons (Fsp3) is 0.480. The first-order chi connectivity index (χ1) is 14.2. The number of piperidine rings is 1. The summed E-state index contributed by atoms with van der Waals surface area (Å²) in [6.07, 6.45) is 4.55. The molecule has 4 nitrogen and oxygen atoms in total. The Labute approximate surface area is 174 Å². The molecule has 2 aliphatic rings. The average molecular weight is 393 g/mol. The highest BCUT2D eigenvalue weighted by Crippen LogP contribution is 2.40. The Balaban J connectivity index is 1.51. The van der Waals surface area contributed by atoms with Crippen molar-refractivity contribution in [3.63, 3.8) is 0 Å². The highest BCUT2D eigenvalue weighted by atomic mass is 16.5. The molecule has 0 aromatic heterocycles. The first-order valence-corrected chi connectivity index (χ1v) is 10.9. The molecule has 0 saturated carbocycles. The van der Waals surface area contributed by atoms with Crippen molar-refractivity contribution in [3.8, 4) is 5.75 Å². The molecule has 4 rings (SSSR count). The summed E-state index contributed by atoms with van der Waals surface area (Å²) in [5.41, 5.74) is 2.73. The van der Waals surface area contributed by atoms with Gasteiger partial charge >= 0.3 is 0 Å². The van der Waals surface area contributed by atoms with Crippen LogP contribution >= 0.6 is 0 Å². The van der Waals surface area contributed by atoms with Crippen LogP contribution in [0.5, 0.6) is 5.75 Å². The molecule has 0 bridgehead atoms. The van der Waals surface area contributed by atoms with Crippen LogP contribution in [0.25, 0.3) is 0 Å². The van der Waals surface area contributed by atoms with E-state index in [4.69, 9.17) is 4.74 Å². The van der Waals surface area contributed by atoms with Gasteiger partial charge in [-0.2, -0.15) is 0 Å². The van der Waals surface area contributed by atoms with E-state index in [-0.39, 0.29) is 11.9 Å². The minimum Gasteiger partial charge on any atom is -0.497 e. The van der Waals surface area contributed by atoms with Gasteiger partial charge in [0.15, 0.2) is 0 Å². The maximum absolute atomic E-state index is 12.4. The van der Waals surface area contributed by atoms with Crippen molar-refractivity contribution < 1.29 is 9.53 Å². The van der Waals surface area contributed by atoms with E-state index in [1.807, 2.05) is 12.1 Å². The molecule has 29 heavy (non-hydrogen) atoms. The van der Waals surface area contributed by atoms with Crippen molar-refractivity contribution >= 4 is 5.91 Å². The Morgan fingerprint density at radius 1 is 1.10 bits per heavy atom. The molecule has 2 aliphatic heterocycles. The van der Waals surface area contributed by atoms with Crippen LogP contribution in [0.2, 0.25) is 0 Å². The van der Waals surface area contributed by atoms with Gasteiger partial charge in [-0.1, -0.05) is 42.5 Å². The van der Waals surface area contributed by atoms with E-state index in [1.54, 1.807) is 14.0 Å². The van der Waals surface area contributed by atoms with Crippen molar-refractivity contribution in [3.05, 3.63) is 65.7 Å². The number of hydrogen-bond donors (Lipinski definition) is 0. The van der Waals surface area contributed by atoms with E-state index in [0.717, 1.165) is 44.6 Å². The summed E-state index contributed by atoms with van der Waals surface area (Å²) in [6, 6.07) is 19.9. The number of likely N-dealkylation sites (tertiary alicyclic amines) is 2. The summed E-state index contributed by atoms with van der Waals surface area (Å²) in [7, 11) is 1.70. The predicted octanol–water partition coefficient (Wildman–Crippen LogP) is 4.11. The molecule has 3 atom stereocenters. The van der Waals surface area contributed by atoms with Crippen LogP contribution in [0, 0.1) is 0 Å². The van der Waals surface area contributed by atoms with Crippen LogP contribution in [0.1, 0.15) is 43.2 Å². The molecular weight excluding hydrogens is 360 g/mol. The largest absolute Gasteiger partial charge is 0.497 e. The lowest BCUT2D eigenvalue weighted by atomic mass is 9.86. The van der Waals surface area contributed by atoms with Gasteiger partial charge in [0.25, 0.3) is 0 Å². The maximum atomic E-state index is 12.4. The topological polar surface area (TPSA) is 32.8 Å². The maximum Gasteiger partial charge on any atom is 0.219 e. The van der Waals surface area contributed by atoms with Crippen LogP contribution in [-0.4, -0.2) is 54.5 Å². The van der Waals surface area contributed by atoms with Gasteiger partial charge in [-0.05, 0) is 55.5 Å². The van der Waals surface area contributed by atoms with Crippen LogP contribution in [-0.2, 0) is 11.2 Å². The molecule has 154 valence electrons. The fourth-order valence-corrected chi connectivity index (χ4v) is 5.29. The van der Waals surface area contributed by atoms with Crippen molar-refractivity contribution in [1.29, 1.82) is 0 Å². The summed E-state index contributed by atoms with van der Waals surface area (Å²) in [5, 5.41) is 0. The van der Waals surface area contributed by atoms with Gasteiger partial charge in [0.05, 0.1) is 13.2 Å². The molecular formula is C25H32N2O2. The summed E-state index contributed by atoms with van der Waals surface area (Å²) in [4.78, 5) is 17.2. The monoisotopic (exact) mass is 392 g/mol. The minimum atomic E-state index is 0.212. The molecule has 0 spiro atoms. The first kappa shape index (κ1) is 20.0. The number of fused-ring (bicyclic) bond motifs is 1. The van der Waals surface area contributed by atoms with Gasteiger partial charge in [0, 0.05) is 32.0 Å². The van der Waals surface area contributed by atoms with Crippen LogP contribution in [0.4, 0.5) is 0 Å². The highest BCUT2D eigenvalue weighted by molar-refractivity contribution is 5.74. The third-order valence-electron chi connectivity index (χ3n) is 6.67. The molecule has 0 radical (unpaired) electrons. The number of carbonyl (C=O) groups excluding carboxylic acids is 1. The van der Waals surface area contributed by atoms with E-state index in [9.17, 15) is 4.79 Å². The number of benzene rings is 2. The second kappa shape index (κ2) is 9.00. The lowest BCUT2D eigenvalue weighted by Gasteiger charge is -2.41. The smallest absolute Gasteiger partial charge is 0.219 e. The predicted molar refractivity (Wildman–Crippen MR) is 116 cm³/mol. The van der Waals surface area contributed by atoms with E-state index in [2.05, 4.69) is 52.3 Å². The summed E-state index contributed by atoms with van der Waals surface area (Å²) >= 11 is 0. The number of nitrogens with zero attached hydrogens (tertiary/aromatic N) is 2. The molecule has 2 aromatic rings. The fourth-order valence-electron chi connectivity index (χ4n) is 5.29.